The van der Waals surface area contributed by atoms with Crippen LogP contribution in [0, 0.1) is 0 Å². The standard InChI is InChI=1S/C21H34N4O7/c1-15(26)30-10-8-6-7-9-24-12-16(22-23-24)14-31-17-11-18(19(27)29-5)25(13-17)20(28)32-21(2,3)4/h12,17-18H,6-11,13-14H2,1-5H3/t17-,18+/m1/s1. The highest BCUT2D eigenvalue weighted by atomic mass is 16.6. The Labute approximate surface area is 188 Å². The van der Waals surface area contributed by atoms with Crippen molar-refractivity contribution in [1.82, 2.24) is 19.9 Å². The molecule has 0 aromatic carbocycles. The fourth-order valence-electron chi connectivity index (χ4n) is 3.29. The van der Waals surface area contributed by atoms with E-state index in [1.165, 1.54) is 18.9 Å². The van der Waals surface area contributed by atoms with E-state index in [1.807, 2.05) is 6.20 Å². The Hall–Kier alpha value is -2.69. The van der Waals surface area contributed by atoms with Gasteiger partial charge in [0.05, 0.1) is 39.2 Å². The van der Waals surface area contributed by atoms with E-state index in [-0.39, 0.29) is 25.2 Å². The molecular weight excluding hydrogens is 420 g/mol. The number of hydrogen-bond acceptors (Lipinski definition) is 9. The minimum Gasteiger partial charge on any atom is -0.467 e. The minimum atomic E-state index is -0.748. The van der Waals surface area contributed by atoms with Gasteiger partial charge in [0.15, 0.2) is 0 Å². The van der Waals surface area contributed by atoms with E-state index in [2.05, 4.69) is 10.3 Å². The van der Waals surface area contributed by atoms with Gasteiger partial charge in [-0.3, -0.25) is 14.4 Å². The lowest BCUT2D eigenvalue weighted by Gasteiger charge is -2.27. The number of unbranched alkanes of at least 4 members (excludes halogenated alkanes) is 2. The lowest BCUT2D eigenvalue weighted by molar-refractivity contribution is -0.145. The fraction of sp³-hybridized carbons (Fsp3) is 0.762. The molecule has 2 heterocycles. The van der Waals surface area contributed by atoms with E-state index in [0.29, 0.717) is 25.3 Å². The van der Waals surface area contributed by atoms with Gasteiger partial charge in [0, 0.05) is 19.9 Å². The summed E-state index contributed by atoms with van der Waals surface area (Å²) in [6, 6.07) is -0.748. The summed E-state index contributed by atoms with van der Waals surface area (Å²) in [4.78, 5) is 36.7. The second-order valence-electron chi connectivity index (χ2n) is 8.71. The summed E-state index contributed by atoms with van der Waals surface area (Å²) >= 11 is 0. The Morgan fingerprint density at radius 1 is 1.19 bits per heavy atom. The maximum atomic E-state index is 12.5. The summed E-state index contributed by atoms with van der Waals surface area (Å²) in [5, 5.41) is 8.20. The van der Waals surface area contributed by atoms with Gasteiger partial charge < -0.3 is 18.9 Å². The number of carbonyl (C=O) groups excluding carboxylic acids is 3. The zero-order valence-corrected chi connectivity index (χ0v) is 19.5. The van der Waals surface area contributed by atoms with Gasteiger partial charge in [0.25, 0.3) is 0 Å². The number of esters is 2. The SMILES string of the molecule is COC(=O)[C@@H]1C[C@@H](OCc2cn(CCCCCOC(C)=O)nn2)CN1C(=O)OC(C)(C)C. The molecule has 0 unspecified atom stereocenters. The highest BCUT2D eigenvalue weighted by Crippen LogP contribution is 2.24. The van der Waals surface area contributed by atoms with Crippen molar-refractivity contribution in [1.29, 1.82) is 0 Å². The number of carbonyl (C=O) groups is 3. The third-order valence-electron chi connectivity index (χ3n) is 4.75. The molecule has 1 aliphatic heterocycles. The Morgan fingerprint density at radius 2 is 1.94 bits per heavy atom. The first-order valence-electron chi connectivity index (χ1n) is 10.8. The van der Waals surface area contributed by atoms with Crippen molar-refractivity contribution in [2.24, 2.45) is 0 Å². The van der Waals surface area contributed by atoms with Crippen molar-refractivity contribution in [2.75, 3.05) is 20.3 Å². The van der Waals surface area contributed by atoms with Gasteiger partial charge in [-0.05, 0) is 40.0 Å². The van der Waals surface area contributed by atoms with Crippen LogP contribution in [0.2, 0.25) is 0 Å². The van der Waals surface area contributed by atoms with E-state index >= 15 is 0 Å². The summed E-state index contributed by atoms with van der Waals surface area (Å²) in [5.41, 5.74) is -0.00871. The van der Waals surface area contributed by atoms with Crippen LogP contribution in [0.4, 0.5) is 4.79 Å². The van der Waals surface area contributed by atoms with Crippen LogP contribution in [0.5, 0.6) is 0 Å². The molecule has 2 rings (SSSR count). The largest absolute Gasteiger partial charge is 0.467 e. The second-order valence-corrected chi connectivity index (χ2v) is 8.71. The van der Waals surface area contributed by atoms with Crippen LogP contribution in [0.1, 0.15) is 59.1 Å². The normalized spacial score (nSPS) is 18.5. The molecule has 11 nitrogen and oxygen atoms in total. The van der Waals surface area contributed by atoms with Crippen molar-refractivity contribution >= 4 is 18.0 Å². The third kappa shape index (κ3) is 8.45. The average molecular weight is 455 g/mol. The van der Waals surface area contributed by atoms with Gasteiger partial charge in [0.2, 0.25) is 0 Å². The number of aromatic nitrogens is 3. The van der Waals surface area contributed by atoms with Gasteiger partial charge in [-0.15, -0.1) is 5.10 Å². The Balaban J connectivity index is 1.80. The first kappa shape index (κ1) is 25.6. The van der Waals surface area contributed by atoms with Crippen molar-refractivity contribution in [2.45, 2.75) is 84.3 Å². The summed E-state index contributed by atoms with van der Waals surface area (Å²) in [5.74, 6) is -0.762. The van der Waals surface area contributed by atoms with Crippen LogP contribution in [-0.4, -0.2) is 75.9 Å². The van der Waals surface area contributed by atoms with Gasteiger partial charge in [-0.2, -0.15) is 0 Å². The molecule has 2 atom stereocenters. The second kappa shape index (κ2) is 11.8. The highest BCUT2D eigenvalue weighted by molar-refractivity contribution is 5.82. The lowest BCUT2D eigenvalue weighted by atomic mass is 10.2. The Morgan fingerprint density at radius 3 is 2.59 bits per heavy atom. The molecule has 0 aliphatic carbocycles. The van der Waals surface area contributed by atoms with Crippen molar-refractivity contribution in [3.8, 4) is 0 Å². The van der Waals surface area contributed by atoms with Crippen LogP contribution < -0.4 is 0 Å². The molecule has 1 saturated heterocycles. The van der Waals surface area contributed by atoms with E-state index in [1.54, 1.807) is 25.5 Å². The number of methoxy groups -OCH3 is 1. The van der Waals surface area contributed by atoms with Crippen LogP contribution in [0.3, 0.4) is 0 Å². The number of likely N-dealkylation sites (tertiary alicyclic amines) is 1. The molecule has 0 saturated carbocycles. The van der Waals surface area contributed by atoms with E-state index in [4.69, 9.17) is 18.9 Å². The first-order valence-corrected chi connectivity index (χ1v) is 10.8. The van der Waals surface area contributed by atoms with E-state index in [9.17, 15) is 14.4 Å². The molecule has 0 radical (unpaired) electrons. The molecule has 1 fully saturated rings. The molecule has 32 heavy (non-hydrogen) atoms. The van der Waals surface area contributed by atoms with Gasteiger partial charge in [-0.1, -0.05) is 5.21 Å². The molecule has 0 bridgehead atoms. The van der Waals surface area contributed by atoms with Crippen LogP contribution in [-0.2, 0) is 41.7 Å². The quantitative estimate of drug-likeness (QED) is 0.297. The monoisotopic (exact) mass is 454 g/mol. The molecule has 1 aromatic heterocycles. The number of amides is 1. The Bertz CT molecular complexity index is 774. The molecular formula is C21H34N4O7. The predicted molar refractivity (Wildman–Crippen MR) is 112 cm³/mol. The molecule has 180 valence electrons. The van der Waals surface area contributed by atoms with Gasteiger partial charge >= 0.3 is 18.0 Å². The molecule has 1 aromatic rings. The molecule has 11 heteroatoms. The predicted octanol–water partition coefficient (Wildman–Crippen LogP) is 2.08. The first-order chi connectivity index (χ1) is 15.1. The zero-order valence-electron chi connectivity index (χ0n) is 19.5. The van der Waals surface area contributed by atoms with Crippen LogP contribution in [0.25, 0.3) is 0 Å². The van der Waals surface area contributed by atoms with Crippen molar-refractivity contribution in [3.05, 3.63) is 11.9 Å². The number of hydrogen-bond donors (Lipinski definition) is 0. The van der Waals surface area contributed by atoms with E-state index < -0.39 is 23.7 Å². The smallest absolute Gasteiger partial charge is 0.411 e. The van der Waals surface area contributed by atoms with E-state index in [0.717, 1.165) is 19.3 Å². The average Bonchev–Trinajstić information content (AvgIpc) is 3.34. The fourth-order valence-corrected chi connectivity index (χ4v) is 3.29. The maximum absolute atomic E-state index is 12.5. The molecule has 0 N–H and O–H groups in total. The number of rotatable bonds is 10. The summed E-state index contributed by atoms with van der Waals surface area (Å²) in [6.45, 7) is 8.28. The van der Waals surface area contributed by atoms with Crippen LogP contribution in [0.15, 0.2) is 6.20 Å². The summed E-state index contributed by atoms with van der Waals surface area (Å²) < 4.78 is 22.8. The molecule has 0 spiro atoms. The van der Waals surface area contributed by atoms with Crippen molar-refractivity contribution in [3.63, 3.8) is 0 Å². The lowest BCUT2D eigenvalue weighted by Crippen LogP contribution is -2.44. The third-order valence-corrected chi connectivity index (χ3v) is 4.75. The van der Waals surface area contributed by atoms with Gasteiger partial charge in [-0.25, -0.2) is 9.59 Å². The Kier molecular flexibility index (Phi) is 9.42. The zero-order chi connectivity index (χ0) is 23.7. The molecule has 1 amide bonds. The summed E-state index contributed by atoms with van der Waals surface area (Å²) in [6.07, 6.45) is 3.82. The number of aryl methyl sites for hydroxylation is 1. The van der Waals surface area contributed by atoms with Crippen molar-refractivity contribution < 1.29 is 33.3 Å². The topological polar surface area (TPSA) is 122 Å². The number of nitrogens with zero attached hydrogens (tertiary/aromatic N) is 4. The number of ether oxygens (including phenoxy) is 4. The van der Waals surface area contributed by atoms with Crippen LogP contribution >= 0.6 is 0 Å². The maximum Gasteiger partial charge on any atom is 0.411 e. The molecule has 1 aliphatic rings. The van der Waals surface area contributed by atoms with Gasteiger partial charge in [0.1, 0.15) is 17.3 Å². The highest BCUT2D eigenvalue weighted by Gasteiger charge is 2.42. The minimum absolute atomic E-state index is 0.215. The summed E-state index contributed by atoms with van der Waals surface area (Å²) in [7, 11) is 1.29.